The van der Waals surface area contributed by atoms with Crippen LogP contribution in [0.5, 0.6) is 0 Å². The summed E-state index contributed by atoms with van der Waals surface area (Å²) >= 11 is 5.31. The first-order chi connectivity index (χ1) is 12.9. The maximum absolute atomic E-state index is 13.0. The second kappa shape index (κ2) is 8.86. The maximum Gasteiger partial charge on any atom is 0.243 e. The van der Waals surface area contributed by atoms with Gasteiger partial charge in [0.05, 0.1) is 11.0 Å². The minimum Gasteiger partial charge on any atom is -0.376 e. The molecule has 0 bridgehead atoms. The lowest BCUT2D eigenvalue weighted by Crippen LogP contribution is -2.47. The molecule has 2 heterocycles. The summed E-state index contributed by atoms with van der Waals surface area (Å²) in [5, 5.41) is 6.76. The fourth-order valence-corrected chi connectivity index (χ4v) is 5.97. The molecule has 0 amide bonds. The Kier molecular flexibility index (Phi) is 6.73. The van der Waals surface area contributed by atoms with Crippen molar-refractivity contribution in [2.24, 2.45) is 0 Å². The minimum atomic E-state index is -3.49. The number of thiocarbonyl (C=S) groups is 1. The lowest BCUT2D eigenvalue weighted by molar-refractivity contribution is 0.114. The summed E-state index contributed by atoms with van der Waals surface area (Å²) < 4.78 is 33.3. The molecular weight excluding hydrogens is 382 g/mol. The Labute approximate surface area is 167 Å². The Bertz CT molecular complexity index is 736. The van der Waals surface area contributed by atoms with Gasteiger partial charge in [-0.05, 0) is 76.0 Å². The molecule has 0 aliphatic carbocycles. The number of sulfonamides is 1. The zero-order chi connectivity index (χ0) is 19.4. The third-order valence-corrected chi connectivity index (χ3v) is 7.70. The molecule has 2 saturated heterocycles. The average Bonchev–Trinajstić information content (AvgIpc) is 3.14. The van der Waals surface area contributed by atoms with Crippen molar-refractivity contribution >= 4 is 33.0 Å². The second-order valence-electron chi connectivity index (χ2n) is 7.46. The fraction of sp³-hybridized carbons (Fsp3) is 0.632. The van der Waals surface area contributed by atoms with Crippen LogP contribution in [-0.2, 0) is 14.8 Å². The van der Waals surface area contributed by atoms with Crippen LogP contribution in [0.15, 0.2) is 29.2 Å². The van der Waals surface area contributed by atoms with Gasteiger partial charge in [0.15, 0.2) is 5.11 Å². The molecule has 3 unspecified atom stereocenters. The van der Waals surface area contributed by atoms with Crippen molar-refractivity contribution in [1.29, 1.82) is 0 Å². The van der Waals surface area contributed by atoms with Gasteiger partial charge in [-0.25, -0.2) is 8.42 Å². The van der Waals surface area contributed by atoms with E-state index in [1.807, 2.05) is 13.8 Å². The van der Waals surface area contributed by atoms with Crippen LogP contribution in [0.1, 0.15) is 46.0 Å². The number of nitrogens with zero attached hydrogens (tertiary/aromatic N) is 1. The van der Waals surface area contributed by atoms with Crippen molar-refractivity contribution in [2.75, 3.05) is 18.5 Å². The van der Waals surface area contributed by atoms with Crippen LogP contribution in [0.2, 0.25) is 0 Å². The number of piperidine rings is 1. The van der Waals surface area contributed by atoms with Crippen molar-refractivity contribution < 1.29 is 13.2 Å². The van der Waals surface area contributed by atoms with Crippen LogP contribution >= 0.6 is 12.2 Å². The van der Waals surface area contributed by atoms with E-state index >= 15 is 0 Å². The van der Waals surface area contributed by atoms with Crippen LogP contribution in [-0.4, -0.2) is 49.2 Å². The number of hydrogen-bond donors (Lipinski definition) is 2. The summed E-state index contributed by atoms with van der Waals surface area (Å²) in [5.74, 6) is 0. The van der Waals surface area contributed by atoms with Crippen molar-refractivity contribution in [2.45, 2.75) is 69.0 Å². The summed E-state index contributed by atoms with van der Waals surface area (Å²) in [5.41, 5.74) is 0.763. The van der Waals surface area contributed by atoms with Crippen molar-refractivity contribution in [1.82, 2.24) is 9.62 Å². The van der Waals surface area contributed by atoms with E-state index in [0.717, 1.165) is 44.4 Å². The van der Waals surface area contributed by atoms with Gasteiger partial charge in [0.25, 0.3) is 0 Å². The van der Waals surface area contributed by atoms with Crippen LogP contribution in [0.25, 0.3) is 0 Å². The highest BCUT2D eigenvalue weighted by Crippen LogP contribution is 2.29. The standard InChI is InChI=1S/C19H29N3O3S2/c1-14-5-3-6-15(2)22(14)27(23,24)18-10-8-16(9-11-18)21-19(26)20-13-17-7-4-12-25-17/h8-11,14-15,17H,3-7,12-13H2,1-2H3,(H2,20,21,26). The predicted molar refractivity (Wildman–Crippen MR) is 111 cm³/mol. The van der Waals surface area contributed by atoms with Gasteiger partial charge in [-0.2, -0.15) is 4.31 Å². The molecule has 0 radical (unpaired) electrons. The summed E-state index contributed by atoms with van der Waals surface area (Å²) in [4.78, 5) is 0.326. The lowest BCUT2D eigenvalue weighted by atomic mass is 10.0. The number of rotatable bonds is 5. The minimum absolute atomic E-state index is 0.0335. The van der Waals surface area contributed by atoms with Gasteiger partial charge in [0.1, 0.15) is 0 Å². The number of nitrogens with one attached hydrogen (secondary N) is 2. The molecule has 1 aromatic rings. The number of benzene rings is 1. The third kappa shape index (κ3) is 4.99. The first-order valence-corrected chi connectivity index (χ1v) is 11.5. The normalized spacial score (nSPS) is 26.7. The molecule has 8 heteroatoms. The van der Waals surface area contributed by atoms with Crippen molar-refractivity contribution in [3.8, 4) is 0 Å². The highest BCUT2D eigenvalue weighted by molar-refractivity contribution is 7.89. The SMILES string of the molecule is CC1CCCC(C)N1S(=O)(=O)c1ccc(NC(=S)NCC2CCCO2)cc1. The summed E-state index contributed by atoms with van der Waals surface area (Å²) in [6.45, 7) is 5.47. The predicted octanol–water partition coefficient (Wildman–Crippen LogP) is 3.10. The van der Waals surface area contributed by atoms with E-state index in [2.05, 4.69) is 10.6 Å². The van der Waals surface area contributed by atoms with E-state index in [4.69, 9.17) is 17.0 Å². The number of anilines is 1. The molecule has 0 aromatic heterocycles. The van der Waals surface area contributed by atoms with Gasteiger partial charge < -0.3 is 15.4 Å². The monoisotopic (exact) mass is 411 g/mol. The molecule has 3 rings (SSSR count). The smallest absolute Gasteiger partial charge is 0.243 e. The van der Waals surface area contributed by atoms with Gasteiger partial charge in [-0.1, -0.05) is 6.42 Å². The largest absolute Gasteiger partial charge is 0.376 e. The highest BCUT2D eigenvalue weighted by Gasteiger charge is 2.35. The lowest BCUT2D eigenvalue weighted by Gasteiger charge is -2.37. The van der Waals surface area contributed by atoms with E-state index in [1.54, 1.807) is 28.6 Å². The molecule has 27 heavy (non-hydrogen) atoms. The molecular formula is C19H29N3O3S2. The van der Waals surface area contributed by atoms with E-state index in [1.165, 1.54) is 0 Å². The van der Waals surface area contributed by atoms with Crippen LogP contribution in [0.3, 0.4) is 0 Å². The van der Waals surface area contributed by atoms with Gasteiger partial charge in [0.2, 0.25) is 10.0 Å². The van der Waals surface area contributed by atoms with Gasteiger partial charge in [0, 0.05) is 30.9 Å². The molecule has 3 atom stereocenters. The van der Waals surface area contributed by atoms with E-state index in [-0.39, 0.29) is 18.2 Å². The van der Waals surface area contributed by atoms with E-state index in [9.17, 15) is 8.42 Å². The molecule has 150 valence electrons. The molecule has 2 aliphatic rings. The number of hydrogen-bond acceptors (Lipinski definition) is 4. The number of ether oxygens (including phenoxy) is 1. The molecule has 2 fully saturated rings. The molecule has 0 saturated carbocycles. The second-order valence-corrected chi connectivity index (χ2v) is 9.71. The van der Waals surface area contributed by atoms with Crippen LogP contribution < -0.4 is 10.6 Å². The zero-order valence-corrected chi connectivity index (χ0v) is 17.6. The Morgan fingerprint density at radius 2 is 1.81 bits per heavy atom. The Morgan fingerprint density at radius 3 is 2.41 bits per heavy atom. The topological polar surface area (TPSA) is 70.7 Å². The zero-order valence-electron chi connectivity index (χ0n) is 16.0. The maximum atomic E-state index is 13.0. The van der Waals surface area contributed by atoms with Crippen molar-refractivity contribution in [3.63, 3.8) is 0 Å². The summed E-state index contributed by atoms with van der Waals surface area (Å²) in [7, 11) is -3.49. The van der Waals surface area contributed by atoms with E-state index < -0.39 is 10.0 Å². The molecule has 1 aromatic carbocycles. The highest BCUT2D eigenvalue weighted by atomic mass is 32.2. The molecule has 6 nitrogen and oxygen atoms in total. The van der Waals surface area contributed by atoms with Gasteiger partial charge in [-0.15, -0.1) is 0 Å². The Morgan fingerprint density at radius 1 is 1.15 bits per heavy atom. The quantitative estimate of drug-likeness (QED) is 0.726. The van der Waals surface area contributed by atoms with Gasteiger partial charge >= 0.3 is 0 Å². The molecule has 2 N–H and O–H groups in total. The first kappa shape index (κ1) is 20.5. The summed E-state index contributed by atoms with van der Waals surface area (Å²) in [6.07, 6.45) is 5.26. The van der Waals surface area contributed by atoms with Crippen LogP contribution in [0.4, 0.5) is 5.69 Å². The molecule has 2 aliphatic heterocycles. The fourth-order valence-electron chi connectivity index (χ4n) is 3.89. The third-order valence-electron chi connectivity index (χ3n) is 5.31. The van der Waals surface area contributed by atoms with Crippen molar-refractivity contribution in [3.05, 3.63) is 24.3 Å². The average molecular weight is 412 g/mol. The Hall–Kier alpha value is -1.22. The molecule has 0 spiro atoms. The van der Waals surface area contributed by atoms with E-state index in [0.29, 0.717) is 16.6 Å². The van der Waals surface area contributed by atoms with Gasteiger partial charge in [-0.3, -0.25) is 0 Å². The summed E-state index contributed by atoms with van der Waals surface area (Å²) in [6, 6.07) is 6.87. The first-order valence-electron chi connectivity index (χ1n) is 9.68. The Balaban J connectivity index is 1.61. The van der Waals surface area contributed by atoms with Crippen LogP contribution in [0, 0.1) is 0 Å².